The summed E-state index contributed by atoms with van der Waals surface area (Å²) >= 11 is 0. The van der Waals surface area contributed by atoms with Crippen molar-refractivity contribution in [3.8, 4) is 34.1 Å². The van der Waals surface area contributed by atoms with Crippen molar-refractivity contribution in [1.29, 1.82) is 0 Å². The highest BCUT2D eigenvalue weighted by Gasteiger charge is 2.16. The average molecular weight is 845 g/mol. The lowest BCUT2D eigenvalue weighted by molar-refractivity contribution is -0.141. The molecule has 0 aliphatic carbocycles. The lowest BCUT2D eigenvalue weighted by atomic mass is 10.0. The molecule has 64 heavy (non-hydrogen) atoms. The normalized spacial score (nSPS) is 10.7. The van der Waals surface area contributed by atoms with Gasteiger partial charge in [0.25, 0.3) is 0 Å². The number of aryl methyl sites for hydroxylation is 2. The van der Waals surface area contributed by atoms with Crippen molar-refractivity contribution in [2.45, 2.75) is 25.7 Å². The maximum Gasteiger partial charge on any atom is 0.305 e. The number of rotatable bonds is 17. The van der Waals surface area contributed by atoms with Crippen molar-refractivity contribution in [3.63, 3.8) is 0 Å². The number of hydrogen-bond acceptors (Lipinski definition) is 8. The first-order valence-electron chi connectivity index (χ1n) is 21.2. The summed E-state index contributed by atoms with van der Waals surface area (Å²) in [4.78, 5) is 28.1. The smallest absolute Gasteiger partial charge is 0.305 e. The Bertz CT molecular complexity index is 2530. The van der Waals surface area contributed by atoms with Crippen molar-refractivity contribution >= 4 is 46.1 Å². The summed E-state index contributed by atoms with van der Waals surface area (Å²) < 4.78 is 21.9. The topological polar surface area (TPSA) is 77.5 Å². The van der Waals surface area contributed by atoms with Gasteiger partial charge >= 0.3 is 11.9 Å². The summed E-state index contributed by atoms with van der Waals surface area (Å²) in [6, 6.07) is 69.3. The van der Waals surface area contributed by atoms with Crippen LogP contribution in [0.2, 0.25) is 0 Å². The quantitative estimate of drug-likeness (QED) is 0.0839. The lowest BCUT2D eigenvalue weighted by Crippen LogP contribution is -2.10. The molecule has 8 rings (SSSR count). The van der Waals surface area contributed by atoms with Crippen LogP contribution in [-0.2, 0) is 31.9 Å². The first-order chi connectivity index (χ1) is 31.4. The fourth-order valence-electron chi connectivity index (χ4n) is 7.40. The number of para-hydroxylation sites is 2. The molecular formula is C56H48N2O6. The molecule has 8 aromatic carbocycles. The maximum atomic E-state index is 11.8. The Balaban J connectivity index is 1.06. The van der Waals surface area contributed by atoms with Crippen LogP contribution in [0.25, 0.3) is 11.1 Å². The van der Waals surface area contributed by atoms with E-state index in [1.807, 2.05) is 84.9 Å². The van der Waals surface area contributed by atoms with E-state index in [1.165, 1.54) is 14.2 Å². The zero-order valence-corrected chi connectivity index (χ0v) is 35.8. The maximum absolute atomic E-state index is 11.8. The van der Waals surface area contributed by atoms with Crippen LogP contribution in [0.3, 0.4) is 0 Å². The van der Waals surface area contributed by atoms with Gasteiger partial charge in [-0.3, -0.25) is 9.59 Å². The van der Waals surface area contributed by atoms with Crippen LogP contribution < -0.4 is 19.3 Å². The molecule has 0 aliphatic heterocycles. The molecule has 0 bridgehead atoms. The molecule has 0 N–H and O–H groups in total. The highest BCUT2D eigenvalue weighted by Crippen LogP contribution is 2.39. The second kappa shape index (κ2) is 20.6. The molecule has 0 radical (unpaired) electrons. The number of ether oxygens (including phenoxy) is 4. The van der Waals surface area contributed by atoms with Crippen LogP contribution in [0.1, 0.15) is 24.0 Å². The molecule has 318 valence electrons. The minimum atomic E-state index is -0.227. The van der Waals surface area contributed by atoms with E-state index in [-0.39, 0.29) is 11.9 Å². The number of anilines is 6. The molecule has 8 heteroatoms. The Hall–Kier alpha value is -8.10. The summed E-state index contributed by atoms with van der Waals surface area (Å²) in [5.41, 5.74) is 10.1. The van der Waals surface area contributed by atoms with E-state index in [2.05, 4.69) is 131 Å². The van der Waals surface area contributed by atoms with Crippen molar-refractivity contribution in [3.05, 3.63) is 217 Å². The van der Waals surface area contributed by atoms with Gasteiger partial charge < -0.3 is 28.7 Å². The van der Waals surface area contributed by atoms with Gasteiger partial charge in [-0.05, 0) is 156 Å². The summed E-state index contributed by atoms with van der Waals surface area (Å²) in [5, 5.41) is 0. The van der Waals surface area contributed by atoms with Crippen molar-refractivity contribution < 1.29 is 28.5 Å². The van der Waals surface area contributed by atoms with Gasteiger partial charge in [0, 0.05) is 47.0 Å². The van der Waals surface area contributed by atoms with E-state index in [1.54, 1.807) is 0 Å². The van der Waals surface area contributed by atoms with Crippen LogP contribution in [0.4, 0.5) is 34.1 Å². The first kappa shape index (κ1) is 42.6. The SMILES string of the molecule is COC(=O)CCc1ccc(N(c2ccc(Oc3ccccc3)cc2)c2ccc(-c3ccc(N(c4ccc(CCC(=O)OC)cc4)c4ccc(Oc5ccccc5)cc4)cc3)cc2)cc1. The van der Waals surface area contributed by atoms with Gasteiger partial charge in [-0.1, -0.05) is 84.9 Å². The molecule has 0 saturated heterocycles. The average Bonchev–Trinajstić information content (AvgIpc) is 3.35. The van der Waals surface area contributed by atoms with E-state index < -0.39 is 0 Å². The third-order valence-corrected chi connectivity index (χ3v) is 10.8. The highest BCUT2D eigenvalue weighted by atomic mass is 16.5. The molecule has 0 aliphatic rings. The number of hydrogen-bond donors (Lipinski definition) is 0. The Morgan fingerprint density at radius 3 is 0.906 bits per heavy atom. The van der Waals surface area contributed by atoms with Gasteiger partial charge in [0.1, 0.15) is 23.0 Å². The fourth-order valence-corrected chi connectivity index (χ4v) is 7.40. The Kier molecular flexibility index (Phi) is 13.7. The Labute approximate surface area is 374 Å². The van der Waals surface area contributed by atoms with Gasteiger partial charge in [-0.25, -0.2) is 0 Å². The van der Waals surface area contributed by atoms with E-state index in [9.17, 15) is 9.59 Å². The highest BCUT2D eigenvalue weighted by molar-refractivity contribution is 5.81. The van der Waals surface area contributed by atoms with Gasteiger partial charge in [-0.15, -0.1) is 0 Å². The first-order valence-corrected chi connectivity index (χ1v) is 21.2. The van der Waals surface area contributed by atoms with Gasteiger partial charge in [0.15, 0.2) is 0 Å². The minimum absolute atomic E-state index is 0.227. The van der Waals surface area contributed by atoms with E-state index >= 15 is 0 Å². The Morgan fingerprint density at radius 2 is 0.609 bits per heavy atom. The van der Waals surface area contributed by atoms with Crippen molar-refractivity contribution in [2.75, 3.05) is 24.0 Å². The Morgan fingerprint density at radius 1 is 0.344 bits per heavy atom. The number of benzene rings is 8. The van der Waals surface area contributed by atoms with Gasteiger partial charge in [0.05, 0.1) is 14.2 Å². The molecule has 0 unspecified atom stereocenters. The van der Waals surface area contributed by atoms with Crippen molar-refractivity contribution in [2.24, 2.45) is 0 Å². The third kappa shape index (κ3) is 10.9. The van der Waals surface area contributed by atoms with E-state index in [0.29, 0.717) is 25.7 Å². The fraction of sp³-hybridized carbons (Fsp3) is 0.107. The molecule has 0 aromatic heterocycles. The second-order valence-corrected chi connectivity index (χ2v) is 15.1. The number of esters is 2. The minimum Gasteiger partial charge on any atom is -0.469 e. The monoisotopic (exact) mass is 844 g/mol. The molecular weight excluding hydrogens is 797 g/mol. The van der Waals surface area contributed by atoms with Crippen LogP contribution in [-0.4, -0.2) is 26.2 Å². The zero-order chi connectivity index (χ0) is 44.1. The molecule has 0 spiro atoms. The van der Waals surface area contributed by atoms with E-state index in [4.69, 9.17) is 18.9 Å². The second-order valence-electron chi connectivity index (χ2n) is 15.1. The van der Waals surface area contributed by atoms with Crippen LogP contribution >= 0.6 is 0 Å². The molecule has 0 atom stereocenters. The molecule has 8 nitrogen and oxygen atoms in total. The number of nitrogens with zero attached hydrogens (tertiary/aromatic N) is 2. The predicted molar refractivity (Wildman–Crippen MR) is 255 cm³/mol. The predicted octanol–water partition coefficient (Wildman–Crippen LogP) is 14.1. The summed E-state index contributed by atoms with van der Waals surface area (Å²) in [7, 11) is 2.83. The number of methoxy groups -OCH3 is 2. The molecule has 0 amide bonds. The lowest BCUT2D eigenvalue weighted by Gasteiger charge is -2.26. The summed E-state index contributed by atoms with van der Waals surface area (Å²) in [5.74, 6) is 2.58. The summed E-state index contributed by atoms with van der Waals surface area (Å²) in [6.45, 7) is 0. The molecule has 8 aromatic rings. The third-order valence-electron chi connectivity index (χ3n) is 10.8. The van der Waals surface area contributed by atoms with Gasteiger partial charge in [-0.2, -0.15) is 0 Å². The standard InChI is InChI=1S/C56H48N2O6/c1-61-55(59)39-17-41-13-23-45(24-14-41)57(49-31-35-53(36-32-49)63-51-9-5-3-6-10-51)47-27-19-43(20-28-47)44-21-29-48(30-22-44)58(46-25-15-42(16-26-46)18-40-56(60)62-2)50-33-37-54(38-34-50)64-52-11-7-4-8-12-52/h3-16,19-38H,17-18,39-40H2,1-2H3. The zero-order valence-electron chi connectivity index (χ0n) is 35.8. The largest absolute Gasteiger partial charge is 0.469 e. The van der Waals surface area contributed by atoms with Crippen LogP contribution in [0, 0.1) is 0 Å². The summed E-state index contributed by atoms with van der Waals surface area (Å²) in [6.07, 6.45) is 1.86. The molecule has 0 heterocycles. The molecule has 0 fully saturated rings. The van der Waals surface area contributed by atoms with Gasteiger partial charge in [0.2, 0.25) is 0 Å². The van der Waals surface area contributed by atoms with E-state index in [0.717, 1.165) is 79.4 Å². The van der Waals surface area contributed by atoms with Crippen LogP contribution in [0.15, 0.2) is 206 Å². The number of carbonyl (C=O) groups excluding carboxylic acids is 2. The van der Waals surface area contributed by atoms with Crippen molar-refractivity contribution in [1.82, 2.24) is 0 Å². The van der Waals surface area contributed by atoms with Crippen LogP contribution in [0.5, 0.6) is 23.0 Å². The number of carbonyl (C=O) groups is 2. The molecule has 0 saturated carbocycles.